The number of hydrogen-bond donors (Lipinski definition) is 0. The van der Waals surface area contributed by atoms with Crippen LogP contribution >= 0.6 is 0 Å². The van der Waals surface area contributed by atoms with Gasteiger partial charge in [0.1, 0.15) is 0 Å². The lowest BCUT2D eigenvalue weighted by molar-refractivity contribution is 0.145. The summed E-state index contributed by atoms with van der Waals surface area (Å²) in [5.74, 6) is 0. The fraction of sp³-hybridized carbons (Fsp3) is 0.818. The zero-order chi connectivity index (χ0) is 9.19. The van der Waals surface area contributed by atoms with Gasteiger partial charge in [-0.1, -0.05) is 18.6 Å². The highest BCUT2D eigenvalue weighted by molar-refractivity contribution is 5.08. The van der Waals surface area contributed by atoms with Crippen LogP contribution in [0.5, 0.6) is 0 Å². The lowest BCUT2D eigenvalue weighted by Crippen LogP contribution is -2.44. The van der Waals surface area contributed by atoms with E-state index >= 15 is 0 Å². The minimum Gasteiger partial charge on any atom is -0.294 e. The molecule has 1 aliphatic rings. The van der Waals surface area contributed by atoms with Crippen molar-refractivity contribution in [2.24, 2.45) is 0 Å². The summed E-state index contributed by atoms with van der Waals surface area (Å²) in [5, 5.41) is 0. The van der Waals surface area contributed by atoms with Crippen LogP contribution in [0.4, 0.5) is 0 Å². The molecule has 0 N–H and O–H groups in total. The first-order chi connectivity index (χ1) is 5.54. The third-order valence-electron chi connectivity index (χ3n) is 2.63. The van der Waals surface area contributed by atoms with Crippen molar-refractivity contribution in [2.75, 3.05) is 13.1 Å². The summed E-state index contributed by atoms with van der Waals surface area (Å²) in [6.07, 6.45) is 4.86. The number of hydrogen-bond acceptors (Lipinski definition) is 1. The quantitative estimate of drug-likeness (QED) is 0.543. The highest BCUT2D eigenvalue weighted by Crippen LogP contribution is 2.20. The number of rotatable bonds is 1. The average molecular weight is 167 g/mol. The van der Waals surface area contributed by atoms with Crippen molar-refractivity contribution in [3.63, 3.8) is 0 Å². The Morgan fingerprint density at radius 1 is 1.42 bits per heavy atom. The van der Waals surface area contributed by atoms with Gasteiger partial charge in [-0.05, 0) is 33.6 Å². The summed E-state index contributed by atoms with van der Waals surface area (Å²) in [4.78, 5) is 2.56. The molecule has 0 fully saturated rings. The maximum Gasteiger partial charge on any atom is 0.0198 e. The van der Waals surface area contributed by atoms with E-state index in [1.807, 2.05) is 0 Å². The van der Waals surface area contributed by atoms with Gasteiger partial charge in [-0.3, -0.25) is 4.90 Å². The normalized spacial score (nSPS) is 20.8. The predicted octanol–water partition coefficient (Wildman–Crippen LogP) is 2.83. The van der Waals surface area contributed by atoms with Gasteiger partial charge in [0.25, 0.3) is 0 Å². The van der Waals surface area contributed by atoms with Crippen LogP contribution in [-0.2, 0) is 0 Å². The fourth-order valence-corrected chi connectivity index (χ4v) is 1.64. The lowest BCUT2D eigenvalue weighted by atomic mass is 10.00. The van der Waals surface area contributed by atoms with Gasteiger partial charge in [-0.2, -0.15) is 0 Å². The molecule has 1 heteroatoms. The van der Waals surface area contributed by atoms with Crippen molar-refractivity contribution in [3.05, 3.63) is 11.6 Å². The van der Waals surface area contributed by atoms with Crippen LogP contribution in [0.2, 0.25) is 0 Å². The third-order valence-corrected chi connectivity index (χ3v) is 2.63. The van der Waals surface area contributed by atoms with Crippen molar-refractivity contribution >= 4 is 0 Å². The molecule has 1 heterocycles. The van der Waals surface area contributed by atoms with Crippen LogP contribution in [-0.4, -0.2) is 23.5 Å². The zero-order valence-electron chi connectivity index (χ0n) is 8.85. The first kappa shape index (κ1) is 9.79. The Morgan fingerprint density at radius 3 is 2.58 bits per heavy atom. The molecule has 0 aromatic rings. The molecule has 0 unspecified atom stereocenters. The van der Waals surface area contributed by atoms with E-state index in [0.29, 0.717) is 5.54 Å². The average Bonchev–Trinajstić information content (AvgIpc) is 2.03. The Bertz CT molecular complexity index is 174. The molecular formula is C11H21N. The van der Waals surface area contributed by atoms with E-state index < -0.39 is 0 Å². The predicted molar refractivity (Wildman–Crippen MR) is 54.3 cm³/mol. The van der Waals surface area contributed by atoms with Crippen molar-refractivity contribution < 1.29 is 0 Å². The van der Waals surface area contributed by atoms with Crippen LogP contribution in [0.25, 0.3) is 0 Å². The molecule has 0 aliphatic carbocycles. The van der Waals surface area contributed by atoms with Gasteiger partial charge >= 0.3 is 0 Å². The summed E-state index contributed by atoms with van der Waals surface area (Å²) in [7, 11) is 0. The topological polar surface area (TPSA) is 3.24 Å². The smallest absolute Gasteiger partial charge is 0.0198 e. The maximum absolute atomic E-state index is 2.56. The van der Waals surface area contributed by atoms with E-state index in [2.05, 4.69) is 38.7 Å². The monoisotopic (exact) mass is 167 g/mol. The Labute approximate surface area is 76.5 Å². The molecule has 70 valence electrons. The van der Waals surface area contributed by atoms with Gasteiger partial charge in [0, 0.05) is 18.6 Å². The molecular weight excluding hydrogens is 146 g/mol. The standard InChI is InChI=1S/C11H21N/c1-5-10-7-6-8-12(9-10)11(2,3)4/h7H,5-6,8-9H2,1-4H3. The Hall–Kier alpha value is -0.300. The summed E-state index contributed by atoms with van der Waals surface area (Å²) in [5.41, 5.74) is 1.95. The summed E-state index contributed by atoms with van der Waals surface area (Å²) >= 11 is 0. The van der Waals surface area contributed by atoms with Gasteiger partial charge in [0.05, 0.1) is 0 Å². The second-order valence-electron chi connectivity index (χ2n) is 4.60. The van der Waals surface area contributed by atoms with E-state index in [0.717, 1.165) is 0 Å². The molecule has 0 saturated heterocycles. The summed E-state index contributed by atoms with van der Waals surface area (Å²) in [6, 6.07) is 0. The van der Waals surface area contributed by atoms with Crippen molar-refractivity contribution in [2.45, 2.75) is 46.1 Å². The molecule has 1 aliphatic heterocycles. The van der Waals surface area contributed by atoms with E-state index in [-0.39, 0.29) is 0 Å². The van der Waals surface area contributed by atoms with Gasteiger partial charge < -0.3 is 0 Å². The van der Waals surface area contributed by atoms with Crippen LogP contribution in [0.15, 0.2) is 11.6 Å². The van der Waals surface area contributed by atoms with Crippen LogP contribution in [0, 0.1) is 0 Å². The van der Waals surface area contributed by atoms with Crippen LogP contribution in [0.3, 0.4) is 0 Å². The van der Waals surface area contributed by atoms with Gasteiger partial charge in [0.2, 0.25) is 0 Å². The van der Waals surface area contributed by atoms with Crippen molar-refractivity contribution in [3.8, 4) is 0 Å². The molecule has 0 spiro atoms. The van der Waals surface area contributed by atoms with Crippen LogP contribution in [0.1, 0.15) is 40.5 Å². The first-order valence-corrected chi connectivity index (χ1v) is 4.97. The van der Waals surface area contributed by atoms with Gasteiger partial charge in [-0.15, -0.1) is 0 Å². The van der Waals surface area contributed by atoms with Crippen LogP contribution < -0.4 is 0 Å². The second-order valence-corrected chi connectivity index (χ2v) is 4.60. The SMILES string of the molecule is CCC1=CCCN(C(C)(C)C)C1. The fourth-order valence-electron chi connectivity index (χ4n) is 1.64. The molecule has 0 aromatic heterocycles. The second kappa shape index (κ2) is 3.61. The first-order valence-electron chi connectivity index (χ1n) is 4.97. The molecule has 1 rings (SSSR count). The van der Waals surface area contributed by atoms with Gasteiger partial charge in [0.15, 0.2) is 0 Å². The molecule has 0 atom stereocenters. The van der Waals surface area contributed by atoms with Gasteiger partial charge in [-0.25, -0.2) is 0 Å². The molecule has 0 amide bonds. The Balaban J connectivity index is 2.57. The molecule has 0 bridgehead atoms. The van der Waals surface area contributed by atoms with E-state index in [9.17, 15) is 0 Å². The molecule has 0 aromatic carbocycles. The highest BCUT2D eigenvalue weighted by atomic mass is 15.2. The third kappa shape index (κ3) is 2.34. The highest BCUT2D eigenvalue weighted by Gasteiger charge is 2.22. The minimum absolute atomic E-state index is 0.342. The number of nitrogens with zero attached hydrogens (tertiary/aromatic N) is 1. The summed E-state index contributed by atoms with van der Waals surface area (Å²) in [6.45, 7) is 11.5. The Kier molecular flexibility index (Phi) is 2.94. The van der Waals surface area contributed by atoms with Crippen molar-refractivity contribution in [1.29, 1.82) is 0 Å². The molecule has 12 heavy (non-hydrogen) atoms. The largest absolute Gasteiger partial charge is 0.294 e. The van der Waals surface area contributed by atoms with Crippen molar-refractivity contribution in [1.82, 2.24) is 4.90 Å². The van der Waals surface area contributed by atoms with E-state index in [1.165, 1.54) is 25.9 Å². The summed E-state index contributed by atoms with van der Waals surface area (Å²) < 4.78 is 0. The minimum atomic E-state index is 0.342. The van der Waals surface area contributed by atoms with E-state index in [1.54, 1.807) is 5.57 Å². The lowest BCUT2D eigenvalue weighted by Gasteiger charge is -2.38. The molecule has 0 radical (unpaired) electrons. The molecule has 0 saturated carbocycles. The Morgan fingerprint density at radius 2 is 2.08 bits per heavy atom. The van der Waals surface area contributed by atoms with E-state index in [4.69, 9.17) is 0 Å². The maximum atomic E-state index is 2.56. The zero-order valence-corrected chi connectivity index (χ0v) is 8.85. The molecule has 1 nitrogen and oxygen atoms in total.